The van der Waals surface area contributed by atoms with Crippen LogP contribution in [-0.2, 0) is 16.1 Å². The van der Waals surface area contributed by atoms with Gasteiger partial charge in [-0.05, 0) is 33.3 Å². The summed E-state index contributed by atoms with van der Waals surface area (Å²) in [6, 6.07) is 9.56. The highest BCUT2D eigenvalue weighted by Gasteiger charge is 2.35. The molecular formula is C16H21N3O2. The lowest BCUT2D eigenvalue weighted by Gasteiger charge is -2.36. The fraction of sp³-hybridized carbons (Fsp3) is 0.438. The van der Waals surface area contributed by atoms with Crippen LogP contribution in [-0.4, -0.2) is 33.1 Å². The third kappa shape index (κ3) is 4.65. The second-order valence-corrected chi connectivity index (χ2v) is 5.93. The average Bonchev–Trinajstić information content (AvgIpc) is 2.41. The van der Waals surface area contributed by atoms with Crippen molar-refractivity contribution in [3.63, 3.8) is 0 Å². The molecule has 0 aliphatic rings. The Morgan fingerprint density at radius 1 is 1.29 bits per heavy atom. The number of amides is 1. The SMILES string of the molecule is CC(=O)C(C=[N+]=[N-])C(=O)N(Cc1ccccc1)C(C)(C)C. The zero-order chi connectivity index (χ0) is 16.0. The predicted molar refractivity (Wildman–Crippen MR) is 80.6 cm³/mol. The van der Waals surface area contributed by atoms with Gasteiger partial charge in [-0.1, -0.05) is 30.3 Å². The number of carbonyl (C=O) groups excluding carboxylic acids is 2. The first-order valence-corrected chi connectivity index (χ1v) is 6.80. The Morgan fingerprint density at radius 2 is 1.86 bits per heavy atom. The quantitative estimate of drug-likeness (QED) is 0.361. The van der Waals surface area contributed by atoms with Crippen LogP contribution in [0.15, 0.2) is 30.3 Å². The lowest BCUT2D eigenvalue weighted by atomic mass is 9.98. The topological polar surface area (TPSA) is 73.8 Å². The van der Waals surface area contributed by atoms with Crippen molar-refractivity contribution < 1.29 is 14.4 Å². The highest BCUT2D eigenvalue weighted by Crippen LogP contribution is 2.20. The number of benzene rings is 1. The molecule has 0 saturated heterocycles. The molecule has 21 heavy (non-hydrogen) atoms. The molecule has 0 aliphatic heterocycles. The molecule has 1 atom stereocenters. The van der Waals surface area contributed by atoms with Crippen molar-refractivity contribution in [1.82, 2.24) is 4.90 Å². The summed E-state index contributed by atoms with van der Waals surface area (Å²) < 4.78 is 0. The molecule has 0 saturated carbocycles. The smallest absolute Gasteiger partial charge is 0.277 e. The third-order valence-corrected chi connectivity index (χ3v) is 3.18. The Hall–Kier alpha value is -2.26. The van der Waals surface area contributed by atoms with Crippen LogP contribution in [0.25, 0.3) is 5.53 Å². The predicted octanol–water partition coefficient (Wildman–Crippen LogP) is 2.32. The van der Waals surface area contributed by atoms with Gasteiger partial charge in [0.05, 0.1) is 0 Å². The standard InChI is InChI=1S/C16H21N3O2/c1-12(20)14(10-18-17)15(21)19(16(2,3)4)11-13-8-6-5-7-9-13/h5-10,14H,11H2,1-4H3. The van der Waals surface area contributed by atoms with E-state index in [1.165, 1.54) is 6.92 Å². The fourth-order valence-corrected chi connectivity index (χ4v) is 1.99. The van der Waals surface area contributed by atoms with Crippen LogP contribution in [0.1, 0.15) is 33.3 Å². The lowest BCUT2D eigenvalue weighted by Crippen LogP contribution is -2.49. The normalized spacial score (nSPS) is 12.2. The van der Waals surface area contributed by atoms with Crippen LogP contribution < -0.4 is 0 Å². The molecular weight excluding hydrogens is 266 g/mol. The van der Waals surface area contributed by atoms with E-state index in [4.69, 9.17) is 5.53 Å². The molecule has 0 heterocycles. The molecule has 0 aromatic heterocycles. The van der Waals surface area contributed by atoms with Crippen LogP contribution in [0.4, 0.5) is 0 Å². The second-order valence-electron chi connectivity index (χ2n) is 5.93. The van der Waals surface area contributed by atoms with Gasteiger partial charge in [-0.15, -0.1) is 0 Å². The highest BCUT2D eigenvalue weighted by molar-refractivity contribution is 6.11. The van der Waals surface area contributed by atoms with Crippen LogP contribution in [0.2, 0.25) is 0 Å². The van der Waals surface area contributed by atoms with Crippen LogP contribution in [0.5, 0.6) is 0 Å². The maximum absolute atomic E-state index is 12.6. The second kappa shape index (κ2) is 6.95. The Balaban J connectivity index is 3.11. The zero-order valence-corrected chi connectivity index (χ0v) is 12.9. The Kier molecular flexibility index (Phi) is 5.56. The summed E-state index contributed by atoms with van der Waals surface area (Å²) in [4.78, 5) is 28.7. The van der Waals surface area contributed by atoms with Crippen molar-refractivity contribution in [2.75, 3.05) is 0 Å². The molecule has 0 aliphatic carbocycles. The molecule has 1 aromatic rings. The third-order valence-electron chi connectivity index (χ3n) is 3.18. The molecule has 1 rings (SSSR count). The van der Waals surface area contributed by atoms with Crippen LogP contribution >= 0.6 is 0 Å². The van der Waals surface area contributed by atoms with Gasteiger partial charge in [-0.2, -0.15) is 4.79 Å². The molecule has 0 N–H and O–H groups in total. The average molecular weight is 287 g/mol. The molecule has 112 valence electrons. The summed E-state index contributed by atoms with van der Waals surface area (Å²) in [7, 11) is 0. The summed E-state index contributed by atoms with van der Waals surface area (Å²) in [5.74, 6) is -1.77. The van der Waals surface area contributed by atoms with E-state index in [-0.39, 0.29) is 11.7 Å². The largest absolute Gasteiger partial charge is 0.362 e. The van der Waals surface area contributed by atoms with E-state index in [0.29, 0.717) is 6.54 Å². The first kappa shape index (κ1) is 16.8. The van der Waals surface area contributed by atoms with Crippen LogP contribution in [0.3, 0.4) is 0 Å². The van der Waals surface area contributed by atoms with E-state index < -0.39 is 11.5 Å². The van der Waals surface area contributed by atoms with Gasteiger partial charge in [0.25, 0.3) is 6.21 Å². The van der Waals surface area contributed by atoms with Crippen molar-refractivity contribution in [3.8, 4) is 0 Å². The molecule has 5 heteroatoms. The van der Waals surface area contributed by atoms with Crippen LogP contribution in [0, 0.1) is 5.92 Å². The molecule has 1 amide bonds. The molecule has 0 spiro atoms. The maximum atomic E-state index is 12.6. The van der Waals surface area contributed by atoms with Gasteiger partial charge < -0.3 is 10.4 Å². The number of carbonyl (C=O) groups is 2. The fourth-order valence-electron chi connectivity index (χ4n) is 1.99. The molecule has 5 nitrogen and oxygen atoms in total. The minimum atomic E-state index is -1.06. The highest BCUT2D eigenvalue weighted by atomic mass is 16.2. The number of ketones is 1. The van der Waals surface area contributed by atoms with Crippen molar-refractivity contribution in [2.24, 2.45) is 5.92 Å². The van der Waals surface area contributed by atoms with Crippen molar-refractivity contribution in [1.29, 1.82) is 0 Å². The Labute approximate surface area is 125 Å². The van der Waals surface area contributed by atoms with Gasteiger partial charge >= 0.3 is 0 Å². The Bertz CT molecular complexity index is 553. The minimum Gasteiger partial charge on any atom is -0.362 e. The number of nitrogens with zero attached hydrogens (tertiary/aromatic N) is 3. The van der Waals surface area contributed by atoms with E-state index in [1.54, 1.807) is 4.90 Å². The summed E-state index contributed by atoms with van der Waals surface area (Å²) in [6.45, 7) is 7.42. The van der Waals surface area contributed by atoms with Gasteiger partial charge in [0.1, 0.15) is 0 Å². The van der Waals surface area contributed by atoms with Gasteiger partial charge in [-0.3, -0.25) is 9.59 Å². The maximum Gasteiger partial charge on any atom is 0.277 e. The molecule has 0 fully saturated rings. The molecule has 0 bridgehead atoms. The first-order valence-electron chi connectivity index (χ1n) is 6.80. The van der Waals surface area contributed by atoms with Gasteiger partial charge in [-0.25, -0.2) is 0 Å². The van der Waals surface area contributed by atoms with E-state index >= 15 is 0 Å². The molecule has 0 radical (unpaired) electrons. The zero-order valence-electron chi connectivity index (χ0n) is 12.9. The van der Waals surface area contributed by atoms with Crippen molar-refractivity contribution in [3.05, 3.63) is 41.4 Å². The minimum absolute atomic E-state index is 0.347. The van der Waals surface area contributed by atoms with Crippen molar-refractivity contribution in [2.45, 2.75) is 39.8 Å². The van der Waals surface area contributed by atoms with Gasteiger partial charge in [0.15, 0.2) is 11.7 Å². The number of rotatable bonds is 5. The van der Waals surface area contributed by atoms with E-state index in [0.717, 1.165) is 11.8 Å². The number of hydrogen-bond acceptors (Lipinski definition) is 2. The van der Waals surface area contributed by atoms with E-state index in [9.17, 15) is 9.59 Å². The lowest BCUT2D eigenvalue weighted by molar-refractivity contribution is -0.143. The van der Waals surface area contributed by atoms with Gasteiger partial charge in [0.2, 0.25) is 5.91 Å². The monoisotopic (exact) mass is 287 g/mol. The molecule has 1 unspecified atom stereocenters. The summed E-state index contributed by atoms with van der Waals surface area (Å²) in [5, 5.41) is 0. The summed E-state index contributed by atoms with van der Waals surface area (Å²) in [5.41, 5.74) is 9.18. The van der Waals surface area contributed by atoms with E-state index in [2.05, 4.69) is 4.79 Å². The first-order chi connectivity index (χ1) is 9.77. The summed E-state index contributed by atoms with van der Waals surface area (Å²) in [6.07, 6.45) is 0.981. The van der Waals surface area contributed by atoms with Gasteiger partial charge in [0, 0.05) is 12.1 Å². The molecule has 1 aromatic carbocycles. The van der Waals surface area contributed by atoms with Crippen molar-refractivity contribution >= 4 is 17.9 Å². The van der Waals surface area contributed by atoms with E-state index in [1.807, 2.05) is 51.1 Å². The summed E-state index contributed by atoms with van der Waals surface area (Å²) >= 11 is 0. The number of Topliss-reactive ketones (excluding diaryl/α,β-unsaturated/α-hetero) is 1. The Morgan fingerprint density at radius 3 is 2.29 bits per heavy atom. The number of hydrogen-bond donors (Lipinski definition) is 0.